The molecule has 1 heterocycles. The highest BCUT2D eigenvalue weighted by Crippen LogP contribution is 2.17. The van der Waals surface area contributed by atoms with Crippen molar-refractivity contribution < 1.29 is 13.9 Å². The monoisotopic (exact) mass is 151 g/mol. The number of halogens is 2. The van der Waals surface area contributed by atoms with E-state index in [0.717, 1.165) is 0 Å². The second-order valence-electron chi connectivity index (χ2n) is 2.61. The Morgan fingerprint density at radius 2 is 2.20 bits per heavy atom. The first-order chi connectivity index (χ1) is 4.70. The Balaban J connectivity index is 2.26. The van der Waals surface area contributed by atoms with Gasteiger partial charge in [-0.2, -0.15) is 0 Å². The molecule has 0 aromatic rings. The standard InChI is InChI=1S/C6H11F2NO/c7-6(8)1-4-2-9-3-5(4)10/h4-6,9-10H,1-3H2. The summed E-state index contributed by atoms with van der Waals surface area (Å²) in [6, 6.07) is 0. The molecule has 0 aliphatic carbocycles. The zero-order valence-corrected chi connectivity index (χ0v) is 5.56. The Labute approximate surface area is 58.2 Å². The van der Waals surface area contributed by atoms with E-state index in [1.54, 1.807) is 0 Å². The lowest BCUT2D eigenvalue weighted by atomic mass is 10.0. The average Bonchev–Trinajstić information content (AvgIpc) is 2.15. The summed E-state index contributed by atoms with van der Waals surface area (Å²) in [6.45, 7) is 0.975. The predicted molar refractivity (Wildman–Crippen MR) is 33.0 cm³/mol. The molecular weight excluding hydrogens is 140 g/mol. The Hall–Kier alpha value is -0.220. The molecule has 2 atom stereocenters. The smallest absolute Gasteiger partial charge is 0.239 e. The summed E-state index contributed by atoms with van der Waals surface area (Å²) in [7, 11) is 0. The lowest BCUT2D eigenvalue weighted by Crippen LogP contribution is -2.19. The van der Waals surface area contributed by atoms with Crippen LogP contribution >= 0.6 is 0 Å². The quantitative estimate of drug-likeness (QED) is 0.591. The topological polar surface area (TPSA) is 32.3 Å². The van der Waals surface area contributed by atoms with Crippen molar-refractivity contribution in [3.8, 4) is 0 Å². The van der Waals surface area contributed by atoms with Crippen LogP contribution in [-0.2, 0) is 0 Å². The molecule has 0 amide bonds. The van der Waals surface area contributed by atoms with Gasteiger partial charge in [0.2, 0.25) is 6.43 Å². The van der Waals surface area contributed by atoms with Crippen molar-refractivity contribution in [2.75, 3.05) is 13.1 Å². The molecule has 1 rings (SSSR count). The fourth-order valence-electron chi connectivity index (χ4n) is 1.19. The molecule has 1 aliphatic heterocycles. The van der Waals surface area contributed by atoms with Crippen molar-refractivity contribution in [1.29, 1.82) is 0 Å². The second-order valence-corrected chi connectivity index (χ2v) is 2.61. The summed E-state index contributed by atoms with van der Waals surface area (Å²) in [4.78, 5) is 0. The molecule has 0 aromatic carbocycles. The summed E-state index contributed by atoms with van der Waals surface area (Å²) in [5, 5.41) is 11.9. The van der Waals surface area contributed by atoms with Crippen LogP contribution in [0.3, 0.4) is 0 Å². The van der Waals surface area contributed by atoms with Gasteiger partial charge in [0, 0.05) is 25.4 Å². The minimum absolute atomic E-state index is 0.186. The second kappa shape index (κ2) is 3.25. The Kier molecular flexibility index (Phi) is 2.56. The molecule has 0 bridgehead atoms. The van der Waals surface area contributed by atoms with Crippen LogP contribution in [0.4, 0.5) is 8.78 Å². The number of nitrogens with one attached hydrogen (secondary N) is 1. The van der Waals surface area contributed by atoms with Crippen molar-refractivity contribution >= 4 is 0 Å². The van der Waals surface area contributed by atoms with E-state index in [-0.39, 0.29) is 12.3 Å². The van der Waals surface area contributed by atoms with E-state index >= 15 is 0 Å². The first-order valence-electron chi connectivity index (χ1n) is 3.37. The van der Waals surface area contributed by atoms with Crippen molar-refractivity contribution in [2.24, 2.45) is 5.92 Å². The highest BCUT2D eigenvalue weighted by atomic mass is 19.3. The van der Waals surface area contributed by atoms with Crippen LogP contribution in [0.2, 0.25) is 0 Å². The molecule has 0 saturated carbocycles. The summed E-state index contributed by atoms with van der Waals surface area (Å²) < 4.78 is 23.4. The molecule has 0 aromatic heterocycles. The average molecular weight is 151 g/mol. The fraction of sp³-hybridized carbons (Fsp3) is 1.00. The van der Waals surface area contributed by atoms with E-state index in [2.05, 4.69) is 5.32 Å². The maximum atomic E-state index is 11.7. The van der Waals surface area contributed by atoms with Crippen LogP contribution in [0.1, 0.15) is 6.42 Å². The van der Waals surface area contributed by atoms with Crippen LogP contribution in [0, 0.1) is 5.92 Å². The van der Waals surface area contributed by atoms with Crippen molar-refractivity contribution in [2.45, 2.75) is 19.0 Å². The molecule has 0 spiro atoms. The molecule has 1 saturated heterocycles. The van der Waals surface area contributed by atoms with Crippen LogP contribution < -0.4 is 5.32 Å². The number of β-amino-alcohol motifs (C(OH)–C–C–N with tert-alkyl or cyclic N) is 1. The molecule has 2 nitrogen and oxygen atoms in total. The number of hydrogen-bond acceptors (Lipinski definition) is 2. The first kappa shape index (κ1) is 7.88. The summed E-state index contributed by atoms with van der Waals surface area (Å²) in [5.41, 5.74) is 0. The summed E-state index contributed by atoms with van der Waals surface area (Å²) in [5.74, 6) is -0.250. The molecule has 1 aliphatic rings. The Morgan fingerprint density at radius 1 is 1.50 bits per heavy atom. The predicted octanol–water partition coefficient (Wildman–Crippen LogP) is 0.222. The van der Waals surface area contributed by atoms with Gasteiger partial charge in [-0.1, -0.05) is 0 Å². The SMILES string of the molecule is OC1CNCC1CC(F)F. The molecule has 0 radical (unpaired) electrons. The van der Waals surface area contributed by atoms with Crippen molar-refractivity contribution in [3.63, 3.8) is 0 Å². The van der Waals surface area contributed by atoms with Gasteiger partial charge in [0.05, 0.1) is 6.10 Å². The third-order valence-corrected chi connectivity index (χ3v) is 1.79. The van der Waals surface area contributed by atoms with E-state index in [1.807, 2.05) is 0 Å². The largest absolute Gasteiger partial charge is 0.391 e. The zero-order valence-electron chi connectivity index (χ0n) is 5.56. The number of aliphatic hydroxyl groups excluding tert-OH is 1. The van der Waals surface area contributed by atoms with Gasteiger partial charge in [0.25, 0.3) is 0 Å². The number of aliphatic hydroxyl groups is 1. The van der Waals surface area contributed by atoms with Gasteiger partial charge < -0.3 is 10.4 Å². The summed E-state index contributed by atoms with van der Waals surface area (Å²) >= 11 is 0. The Morgan fingerprint density at radius 3 is 2.60 bits per heavy atom. The lowest BCUT2D eigenvalue weighted by molar-refractivity contribution is 0.0725. The number of rotatable bonds is 2. The molecule has 1 fully saturated rings. The van der Waals surface area contributed by atoms with Gasteiger partial charge in [-0.15, -0.1) is 0 Å². The molecule has 10 heavy (non-hydrogen) atoms. The first-order valence-corrected chi connectivity index (χ1v) is 3.37. The maximum absolute atomic E-state index is 11.7. The van der Waals surface area contributed by atoms with E-state index < -0.39 is 12.5 Å². The van der Waals surface area contributed by atoms with E-state index in [0.29, 0.717) is 13.1 Å². The van der Waals surface area contributed by atoms with Crippen LogP contribution in [0.15, 0.2) is 0 Å². The third-order valence-electron chi connectivity index (χ3n) is 1.79. The number of hydrogen-bond donors (Lipinski definition) is 2. The molecule has 60 valence electrons. The molecule has 2 unspecified atom stereocenters. The van der Waals surface area contributed by atoms with Gasteiger partial charge in [-0.25, -0.2) is 8.78 Å². The maximum Gasteiger partial charge on any atom is 0.239 e. The van der Waals surface area contributed by atoms with Crippen molar-refractivity contribution in [1.82, 2.24) is 5.32 Å². The van der Waals surface area contributed by atoms with Gasteiger partial charge in [0.1, 0.15) is 0 Å². The fourth-order valence-corrected chi connectivity index (χ4v) is 1.19. The lowest BCUT2D eigenvalue weighted by Gasteiger charge is -2.11. The van der Waals surface area contributed by atoms with E-state index in [9.17, 15) is 8.78 Å². The zero-order chi connectivity index (χ0) is 7.56. The number of alkyl halides is 2. The van der Waals surface area contributed by atoms with Gasteiger partial charge >= 0.3 is 0 Å². The molecular formula is C6H11F2NO. The van der Waals surface area contributed by atoms with Crippen LogP contribution in [0.5, 0.6) is 0 Å². The third kappa shape index (κ3) is 1.88. The van der Waals surface area contributed by atoms with Crippen LogP contribution in [-0.4, -0.2) is 30.7 Å². The highest BCUT2D eigenvalue weighted by Gasteiger charge is 2.27. The van der Waals surface area contributed by atoms with Gasteiger partial charge in [-0.05, 0) is 0 Å². The minimum Gasteiger partial charge on any atom is -0.391 e. The van der Waals surface area contributed by atoms with Crippen molar-refractivity contribution in [3.05, 3.63) is 0 Å². The molecule has 4 heteroatoms. The Bertz CT molecular complexity index is 110. The van der Waals surface area contributed by atoms with Crippen LogP contribution in [0.25, 0.3) is 0 Å². The van der Waals surface area contributed by atoms with Gasteiger partial charge in [0.15, 0.2) is 0 Å². The summed E-state index contributed by atoms with van der Waals surface area (Å²) in [6.07, 6.45) is -3.05. The van der Waals surface area contributed by atoms with E-state index in [1.165, 1.54) is 0 Å². The normalized spacial score (nSPS) is 33.6. The highest BCUT2D eigenvalue weighted by molar-refractivity contribution is 4.80. The van der Waals surface area contributed by atoms with Gasteiger partial charge in [-0.3, -0.25) is 0 Å². The molecule has 2 N–H and O–H groups in total. The van der Waals surface area contributed by atoms with E-state index in [4.69, 9.17) is 5.11 Å². The minimum atomic E-state index is -2.29.